The Morgan fingerprint density at radius 2 is 1.37 bits per heavy atom. The summed E-state index contributed by atoms with van der Waals surface area (Å²) in [7, 11) is -3.74. The maximum absolute atomic E-state index is 13.2. The fourth-order valence-electron chi connectivity index (χ4n) is 4.75. The average Bonchev–Trinajstić information content (AvgIpc) is 2.99. The van der Waals surface area contributed by atoms with Gasteiger partial charge in [-0.05, 0) is 22.5 Å². The Morgan fingerprint density at radius 1 is 0.800 bits per heavy atom. The van der Waals surface area contributed by atoms with Crippen LogP contribution in [0.5, 0.6) is 11.5 Å². The Labute approximate surface area is 184 Å². The van der Waals surface area contributed by atoms with Gasteiger partial charge < -0.3 is 14.2 Å². The average molecular weight is 449 g/mol. The number of benzene rings is 1. The minimum Gasteiger partial charge on any atom is -0.417 e. The van der Waals surface area contributed by atoms with Crippen LogP contribution in [0.3, 0.4) is 0 Å². The molecule has 0 aromatic heterocycles. The number of ether oxygens (including phenoxy) is 3. The quantitative estimate of drug-likeness (QED) is 0.374. The topological polar surface area (TPSA) is 44.8 Å². The lowest BCUT2D eigenvalue weighted by Gasteiger charge is -2.38. The van der Waals surface area contributed by atoms with E-state index in [1.165, 1.54) is 5.56 Å². The molecular weight excluding hydrogens is 408 g/mol. The van der Waals surface area contributed by atoms with Crippen molar-refractivity contribution in [1.29, 1.82) is 0 Å². The zero-order valence-corrected chi connectivity index (χ0v) is 22.9. The number of hydrogen-bond donors (Lipinski definition) is 0. The molecule has 1 fully saturated rings. The smallest absolute Gasteiger partial charge is 0.417 e. The summed E-state index contributed by atoms with van der Waals surface area (Å²) in [4.78, 5) is 13.2. The van der Waals surface area contributed by atoms with E-state index in [1.807, 2.05) is 0 Å². The van der Waals surface area contributed by atoms with Gasteiger partial charge in [-0.3, -0.25) is 4.79 Å². The van der Waals surface area contributed by atoms with Crippen LogP contribution in [0.15, 0.2) is 12.1 Å². The van der Waals surface area contributed by atoms with E-state index in [2.05, 4.69) is 93.0 Å². The number of rotatable bonds is 2. The minimum atomic E-state index is -1.89. The van der Waals surface area contributed by atoms with Gasteiger partial charge in [0.15, 0.2) is 11.5 Å². The molecule has 1 aromatic rings. The second kappa shape index (κ2) is 6.61. The Bertz CT molecular complexity index is 865. The molecule has 168 valence electrons. The third kappa shape index (κ3) is 3.86. The molecule has 4 nitrogen and oxygen atoms in total. The Morgan fingerprint density at radius 3 is 1.80 bits per heavy atom. The van der Waals surface area contributed by atoms with Crippen molar-refractivity contribution in [3.63, 3.8) is 0 Å². The van der Waals surface area contributed by atoms with Crippen LogP contribution < -0.4 is 9.47 Å². The highest BCUT2D eigenvalue weighted by Gasteiger charge is 2.69. The second-order valence-corrected chi connectivity index (χ2v) is 24.0. The predicted octanol–water partition coefficient (Wildman–Crippen LogP) is 6.68. The lowest BCUT2D eigenvalue weighted by molar-refractivity contribution is -0.248. The monoisotopic (exact) mass is 448 g/mol. The molecule has 30 heavy (non-hydrogen) atoms. The van der Waals surface area contributed by atoms with E-state index < -0.39 is 22.1 Å². The van der Waals surface area contributed by atoms with E-state index in [-0.39, 0.29) is 27.9 Å². The molecular formula is C24H40O4Si2. The summed E-state index contributed by atoms with van der Waals surface area (Å²) in [5.74, 6) is -0.0316. The summed E-state index contributed by atoms with van der Waals surface area (Å²) in [5, 5.41) is 0. The van der Waals surface area contributed by atoms with Gasteiger partial charge in [-0.2, -0.15) is 0 Å². The van der Waals surface area contributed by atoms with Crippen molar-refractivity contribution in [3.05, 3.63) is 23.3 Å². The van der Waals surface area contributed by atoms with Crippen molar-refractivity contribution in [2.24, 2.45) is 0 Å². The summed E-state index contributed by atoms with van der Waals surface area (Å²) in [6.45, 7) is 26.8. The molecule has 3 atom stereocenters. The van der Waals surface area contributed by atoms with Crippen molar-refractivity contribution in [2.75, 3.05) is 0 Å². The Kier molecular flexibility index (Phi) is 5.15. The van der Waals surface area contributed by atoms with E-state index >= 15 is 0 Å². The molecule has 3 rings (SSSR count). The van der Waals surface area contributed by atoms with E-state index in [0.717, 1.165) is 11.3 Å². The normalized spacial score (nSPS) is 27.0. The van der Waals surface area contributed by atoms with Crippen molar-refractivity contribution in [1.82, 2.24) is 0 Å². The Hall–Kier alpha value is -1.28. The molecule has 2 aliphatic heterocycles. The highest BCUT2D eigenvalue weighted by molar-refractivity contribution is 6.86. The third-order valence-electron chi connectivity index (χ3n) is 6.30. The first-order valence-corrected chi connectivity index (χ1v) is 18.2. The molecule has 0 aliphatic carbocycles. The summed E-state index contributed by atoms with van der Waals surface area (Å²) in [6, 6.07) is 4.31. The summed E-state index contributed by atoms with van der Waals surface area (Å²) >= 11 is 0. The fraction of sp³-hybridized carbons (Fsp3) is 0.708. The van der Waals surface area contributed by atoms with E-state index in [9.17, 15) is 4.79 Å². The van der Waals surface area contributed by atoms with E-state index in [1.54, 1.807) is 0 Å². The van der Waals surface area contributed by atoms with Crippen molar-refractivity contribution in [3.8, 4) is 11.5 Å². The molecule has 0 radical (unpaired) electrons. The van der Waals surface area contributed by atoms with Crippen molar-refractivity contribution in [2.45, 2.75) is 109 Å². The van der Waals surface area contributed by atoms with Gasteiger partial charge in [0, 0.05) is 5.56 Å². The highest BCUT2D eigenvalue weighted by Crippen LogP contribution is 2.61. The fourth-order valence-corrected chi connectivity index (χ4v) is 12.1. The zero-order chi connectivity index (χ0) is 23.1. The first kappa shape index (κ1) is 23.4. The summed E-state index contributed by atoms with van der Waals surface area (Å²) < 4.78 is 19.2. The zero-order valence-electron chi connectivity index (χ0n) is 20.9. The molecule has 1 saturated heterocycles. The van der Waals surface area contributed by atoms with Crippen LogP contribution in [0.2, 0.25) is 50.4 Å². The minimum absolute atomic E-state index is 0.0282. The number of carbonyl (C=O) groups is 1. The lowest BCUT2D eigenvalue weighted by atomic mass is 9.80. The summed E-state index contributed by atoms with van der Waals surface area (Å²) in [6.07, 6.45) is 0. The molecule has 1 spiro atoms. The highest BCUT2D eigenvalue weighted by atomic mass is 28.3. The van der Waals surface area contributed by atoms with Crippen LogP contribution in [0.1, 0.15) is 52.7 Å². The van der Waals surface area contributed by atoms with E-state index in [4.69, 9.17) is 14.2 Å². The predicted molar refractivity (Wildman–Crippen MR) is 128 cm³/mol. The molecule has 1 aromatic carbocycles. The Balaban J connectivity index is 2.20. The third-order valence-corrected chi connectivity index (χ3v) is 11.6. The van der Waals surface area contributed by atoms with Crippen LogP contribution in [0.4, 0.5) is 0 Å². The van der Waals surface area contributed by atoms with Crippen LogP contribution in [-0.2, 0) is 20.4 Å². The number of hydrogen-bond acceptors (Lipinski definition) is 4. The van der Waals surface area contributed by atoms with Gasteiger partial charge in [0.25, 0.3) is 0 Å². The second-order valence-electron chi connectivity index (χ2n) is 13.3. The van der Waals surface area contributed by atoms with Crippen LogP contribution in [0, 0.1) is 0 Å². The van der Waals surface area contributed by atoms with Gasteiger partial charge in [0.05, 0.1) is 27.2 Å². The summed E-state index contributed by atoms with van der Waals surface area (Å²) in [5.41, 5.74) is 1.96. The largest absolute Gasteiger partial charge is 0.420 e. The van der Waals surface area contributed by atoms with Gasteiger partial charge >= 0.3 is 11.9 Å². The van der Waals surface area contributed by atoms with Gasteiger partial charge in [0.1, 0.15) is 0 Å². The van der Waals surface area contributed by atoms with Gasteiger partial charge in [0.2, 0.25) is 0 Å². The molecule has 0 amide bonds. The first-order valence-electron chi connectivity index (χ1n) is 11.1. The number of carbonyl (C=O) groups excluding carboxylic acids is 1. The standard InChI is InChI=1S/C24H40O4Si2/c1-22(2,3)15-13-16(23(4,5)6)18-17(14-15)26-24(27-18)20(30(10,11)12)19(21(25)28-24)29(7,8)9/h13-14,19-20H,1-12H3/t19-,20-,24+/m1/s1. The van der Waals surface area contributed by atoms with Crippen LogP contribution in [0.25, 0.3) is 0 Å². The molecule has 2 aliphatic rings. The lowest BCUT2D eigenvalue weighted by Crippen LogP contribution is -2.52. The maximum Gasteiger partial charge on any atom is 0.420 e. The first-order chi connectivity index (χ1) is 13.3. The maximum atomic E-state index is 13.2. The van der Waals surface area contributed by atoms with Crippen LogP contribution in [-0.4, -0.2) is 28.1 Å². The molecule has 0 bridgehead atoms. The van der Waals surface area contributed by atoms with Crippen molar-refractivity contribution < 1.29 is 19.0 Å². The van der Waals surface area contributed by atoms with Gasteiger partial charge in [-0.15, -0.1) is 0 Å². The number of esters is 1. The molecule has 0 saturated carbocycles. The van der Waals surface area contributed by atoms with Gasteiger partial charge in [-0.25, -0.2) is 0 Å². The van der Waals surface area contributed by atoms with Crippen LogP contribution >= 0.6 is 0 Å². The molecule has 0 N–H and O–H groups in total. The van der Waals surface area contributed by atoms with Crippen molar-refractivity contribution >= 4 is 22.1 Å². The molecule has 6 heteroatoms. The van der Waals surface area contributed by atoms with E-state index in [0.29, 0.717) is 5.75 Å². The van der Waals surface area contributed by atoms with Gasteiger partial charge in [-0.1, -0.05) is 86.9 Å². The molecule has 0 unspecified atom stereocenters. The SMILES string of the molecule is CC(C)(C)c1cc2c(c(C(C)(C)C)c1)O[C@@]1(OC(=O)[C@H]([Si](C)(C)C)[C@H]1[Si](C)(C)C)O2. The number of fused-ring (bicyclic) bond motifs is 1. The molecule has 2 heterocycles.